The van der Waals surface area contributed by atoms with Gasteiger partial charge in [-0.3, -0.25) is 4.79 Å². The summed E-state index contributed by atoms with van der Waals surface area (Å²) in [4.78, 5) is 13.6. The lowest BCUT2D eigenvalue weighted by atomic mass is 10.2. The van der Waals surface area contributed by atoms with E-state index in [1.165, 1.54) is 0 Å². The van der Waals surface area contributed by atoms with Crippen molar-refractivity contribution in [1.29, 1.82) is 0 Å². The van der Waals surface area contributed by atoms with Crippen LogP contribution in [0.15, 0.2) is 23.1 Å². The van der Waals surface area contributed by atoms with Crippen molar-refractivity contribution in [3.63, 3.8) is 0 Å². The predicted molar refractivity (Wildman–Crippen MR) is 103 cm³/mol. The zero-order valence-electron chi connectivity index (χ0n) is 16.3. The van der Waals surface area contributed by atoms with Gasteiger partial charge in [-0.15, -0.1) is 0 Å². The fourth-order valence-corrected chi connectivity index (χ4v) is 5.15. The van der Waals surface area contributed by atoms with Crippen LogP contribution in [0.3, 0.4) is 0 Å². The Morgan fingerprint density at radius 3 is 2.50 bits per heavy atom. The van der Waals surface area contributed by atoms with Crippen LogP contribution >= 0.6 is 0 Å². The Bertz CT molecular complexity index is 726. The molecule has 0 bridgehead atoms. The maximum absolute atomic E-state index is 12.9. The maximum atomic E-state index is 12.9. The van der Waals surface area contributed by atoms with Crippen LogP contribution in [0, 0.1) is 13.8 Å². The monoisotopic (exact) mass is 382 g/mol. The first kappa shape index (κ1) is 20.9. The third-order valence-corrected chi connectivity index (χ3v) is 6.98. The molecule has 2 N–H and O–H groups in total. The molecular weight excluding hydrogens is 350 g/mol. The van der Waals surface area contributed by atoms with Crippen molar-refractivity contribution in [1.82, 2.24) is 9.62 Å². The first-order valence-corrected chi connectivity index (χ1v) is 10.9. The standard InChI is InChI=1S/C19H31N3O3S/c1-5-6-17(4)20-19(23)14-21-9-11-22(12-10-21)26(24,25)18-8-7-15(2)13-16(18)3/h7-8,13,17H,5-6,9-12,14H2,1-4H3,(H,20,23)/p+1/t17-/m0/s1. The molecule has 0 aromatic heterocycles. The highest BCUT2D eigenvalue weighted by Gasteiger charge is 2.32. The second-order valence-corrected chi connectivity index (χ2v) is 9.26. The van der Waals surface area contributed by atoms with E-state index in [1.54, 1.807) is 10.4 Å². The molecule has 1 aliphatic rings. The lowest BCUT2D eigenvalue weighted by Gasteiger charge is -2.31. The molecule has 0 saturated carbocycles. The highest BCUT2D eigenvalue weighted by molar-refractivity contribution is 7.89. The molecule has 0 aliphatic carbocycles. The molecule has 1 fully saturated rings. The van der Waals surface area contributed by atoms with Gasteiger partial charge in [0.15, 0.2) is 6.54 Å². The first-order chi connectivity index (χ1) is 12.2. The summed E-state index contributed by atoms with van der Waals surface area (Å²) >= 11 is 0. The van der Waals surface area contributed by atoms with Crippen LogP contribution in [0.4, 0.5) is 0 Å². The number of piperazine rings is 1. The molecule has 1 aromatic rings. The molecule has 0 unspecified atom stereocenters. The number of carbonyl (C=O) groups is 1. The highest BCUT2D eigenvalue weighted by atomic mass is 32.2. The molecule has 1 atom stereocenters. The van der Waals surface area contributed by atoms with Gasteiger partial charge in [0.1, 0.15) is 0 Å². The lowest BCUT2D eigenvalue weighted by molar-refractivity contribution is -0.895. The Morgan fingerprint density at radius 1 is 1.27 bits per heavy atom. The van der Waals surface area contributed by atoms with Crippen molar-refractivity contribution in [2.45, 2.75) is 51.5 Å². The summed E-state index contributed by atoms with van der Waals surface area (Å²) in [5.41, 5.74) is 1.84. The number of nitrogens with one attached hydrogen (secondary N) is 2. The fraction of sp³-hybridized carbons (Fsp3) is 0.632. The van der Waals surface area contributed by atoms with E-state index in [9.17, 15) is 13.2 Å². The molecule has 1 amide bonds. The third kappa shape index (κ3) is 5.28. The SMILES string of the molecule is CCC[C@H](C)NC(=O)C[NH+]1CCN(S(=O)(=O)c2ccc(C)cc2C)CC1. The Labute approximate surface area is 157 Å². The Hall–Kier alpha value is -1.44. The molecular formula is C19H32N3O3S+. The van der Waals surface area contributed by atoms with E-state index < -0.39 is 10.0 Å². The van der Waals surface area contributed by atoms with Crippen molar-refractivity contribution in [2.75, 3.05) is 32.7 Å². The second kappa shape index (κ2) is 8.97. The van der Waals surface area contributed by atoms with Gasteiger partial charge in [-0.05, 0) is 38.8 Å². The minimum atomic E-state index is -3.47. The van der Waals surface area contributed by atoms with Gasteiger partial charge in [0, 0.05) is 6.04 Å². The number of nitrogens with zero attached hydrogens (tertiary/aromatic N) is 1. The van der Waals surface area contributed by atoms with Gasteiger partial charge in [0.25, 0.3) is 5.91 Å². The van der Waals surface area contributed by atoms with Crippen molar-refractivity contribution in [3.8, 4) is 0 Å². The van der Waals surface area contributed by atoms with E-state index in [0.29, 0.717) is 37.6 Å². The van der Waals surface area contributed by atoms with Crippen LogP contribution in [0.1, 0.15) is 37.8 Å². The van der Waals surface area contributed by atoms with Crippen molar-refractivity contribution < 1.29 is 18.1 Å². The Balaban J connectivity index is 1.92. The maximum Gasteiger partial charge on any atom is 0.275 e. The number of hydrogen-bond donors (Lipinski definition) is 2. The van der Waals surface area contributed by atoms with E-state index in [4.69, 9.17) is 0 Å². The Morgan fingerprint density at radius 2 is 1.92 bits per heavy atom. The van der Waals surface area contributed by atoms with Gasteiger partial charge < -0.3 is 10.2 Å². The van der Waals surface area contributed by atoms with Crippen LogP contribution in [-0.2, 0) is 14.8 Å². The minimum Gasteiger partial charge on any atom is -0.349 e. The topological polar surface area (TPSA) is 70.9 Å². The third-order valence-electron chi connectivity index (χ3n) is 4.92. The number of benzene rings is 1. The number of quaternary nitrogens is 1. The zero-order valence-corrected chi connectivity index (χ0v) is 17.2. The van der Waals surface area contributed by atoms with Crippen LogP contribution in [0.5, 0.6) is 0 Å². The predicted octanol–water partition coefficient (Wildman–Crippen LogP) is 0.497. The van der Waals surface area contributed by atoms with E-state index in [-0.39, 0.29) is 11.9 Å². The van der Waals surface area contributed by atoms with E-state index in [2.05, 4.69) is 12.2 Å². The molecule has 7 heteroatoms. The fourth-order valence-electron chi connectivity index (χ4n) is 3.51. The van der Waals surface area contributed by atoms with Gasteiger partial charge >= 0.3 is 0 Å². The van der Waals surface area contributed by atoms with Crippen molar-refractivity contribution in [3.05, 3.63) is 29.3 Å². The summed E-state index contributed by atoms with van der Waals surface area (Å²) in [5.74, 6) is 0.0478. The summed E-state index contributed by atoms with van der Waals surface area (Å²) in [6.07, 6.45) is 2.02. The molecule has 1 saturated heterocycles. The van der Waals surface area contributed by atoms with Gasteiger partial charge in [0.05, 0.1) is 31.1 Å². The summed E-state index contributed by atoms with van der Waals surface area (Å²) in [7, 11) is -3.47. The van der Waals surface area contributed by atoms with E-state index >= 15 is 0 Å². The minimum absolute atomic E-state index is 0.0478. The van der Waals surface area contributed by atoms with E-state index in [0.717, 1.165) is 28.9 Å². The van der Waals surface area contributed by atoms with Crippen LogP contribution in [0.2, 0.25) is 0 Å². The number of carbonyl (C=O) groups excluding carboxylic acids is 1. The first-order valence-electron chi connectivity index (χ1n) is 9.44. The molecule has 1 heterocycles. The van der Waals surface area contributed by atoms with Gasteiger partial charge in [-0.25, -0.2) is 8.42 Å². The largest absolute Gasteiger partial charge is 0.349 e. The smallest absolute Gasteiger partial charge is 0.275 e. The van der Waals surface area contributed by atoms with Crippen LogP contribution in [-0.4, -0.2) is 57.4 Å². The molecule has 1 aliphatic heterocycles. The number of amides is 1. The number of aryl methyl sites for hydroxylation is 2. The number of hydrogen-bond acceptors (Lipinski definition) is 3. The number of sulfonamides is 1. The van der Waals surface area contributed by atoms with Crippen LogP contribution < -0.4 is 10.2 Å². The highest BCUT2D eigenvalue weighted by Crippen LogP contribution is 2.20. The van der Waals surface area contributed by atoms with Gasteiger partial charge in [-0.1, -0.05) is 31.0 Å². The lowest BCUT2D eigenvalue weighted by Crippen LogP contribution is -3.15. The molecule has 146 valence electrons. The number of rotatable bonds is 7. The van der Waals surface area contributed by atoms with Gasteiger partial charge in [0.2, 0.25) is 10.0 Å². The second-order valence-electron chi connectivity index (χ2n) is 7.36. The molecule has 0 radical (unpaired) electrons. The summed E-state index contributed by atoms with van der Waals surface area (Å²) < 4.78 is 27.4. The van der Waals surface area contributed by atoms with Crippen molar-refractivity contribution >= 4 is 15.9 Å². The molecule has 26 heavy (non-hydrogen) atoms. The Kier molecular flexibility index (Phi) is 7.20. The zero-order chi connectivity index (χ0) is 19.3. The molecule has 0 spiro atoms. The summed E-state index contributed by atoms with van der Waals surface area (Å²) in [6.45, 7) is 10.5. The average molecular weight is 383 g/mol. The van der Waals surface area contributed by atoms with Crippen LogP contribution in [0.25, 0.3) is 0 Å². The molecule has 6 nitrogen and oxygen atoms in total. The van der Waals surface area contributed by atoms with Gasteiger partial charge in [-0.2, -0.15) is 4.31 Å². The summed E-state index contributed by atoms with van der Waals surface area (Å²) in [5, 5.41) is 3.02. The normalized spacial score (nSPS) is 17.8. The quantitative estimate of drug-likeness (QED) is 0.721. The molecule has 2 rings (SSSR count). The van der Waals surface area contributed by atoms with Crippen molar-refractivity contribution in [2.24, 2.45) is 0 Å². The average Bonchev–Trinajstić information content (AvgIpc) is 2.55. The van der Waals surface area contributed by atoms with E-state index in [1.807, 2.05) is 32.9 Å². The summed E-state index contributed by atoms with van der Waals surface area (Å²) in [6, 6.07) is 5.62. The molecule has 1 aromatic carbocycles.